The number of halogens is 2. The van der Waals surface area contributed by atoms with Gasteiger partial charge in [-0.15, -0.1) is 11.3 Å². The molecule has 3 aromatic heterocycles. The number of fused-ring (bicyclic) bond motifs is 1. The zero-order chi connectivity index (χ0) is 24.8. The zero-order valence-corrected chi connectivity index (χ0v) is 19.9. The van der Waals surface area contributed by atoms with Crippen molar-refractivity contribution < 1.29 is 13.6 Å². The summed E-state index contributed by atoms with van der Waals surface area (Å²) in [4.78, 5) is 26.7. The van der Waals surface area contributed by atoms with E-state index in [4.69, 9.17) is 0 Å². The lowest BCUT2D eigenvalue weighted by Gasteiger charge is -2.11. The maximum absolute atomic E-state index is 15.5. The van der Waals surface area contributed by atoms with Crippen molar-refractivity contribution in [2.45, 2.75) is 44.4 Å². The van der Waals surface area contributed by atoms with E-state index in [2.05, 4.69) is 31.0 Å². The highest BCUT2D eigenvalue weighted by Crippen LogP contribution is 2.39. The summed E-state index contributed by atoms with van der Waals surface area (Å²) >= 11 is 1.36. The molecule has 0 spiro atoms. The fourth-order valence-electron chi connectivity index (χ4n) is 4.42. The van der Waals surface area contributed by atoms with Gasteiger partial charge in [0, 0.05) is 28.1 Å². The van der Waals surface area contributed by atoms with Crippen molar-refractivity contribution in [3.63, 3.8) is 0 Å². The molecule has 0 radical (unpaired) electrons. The first-order valence-electron chi connectivity index (χ1n) is 11.8. The fraction of sp³-hybridized carbons (Fsp3) is 0.280. The molecule has 6 rings (SSSR count). The summed E-state index contributed by atoms with van der Waals surface area (Å²) in [5, 5.41) is 18.7. The Kier molecular flexibility index (Phi) is 5.63. The SMILES string of the molecule is O=C(Nc1c(F)ccc(-c2cc(Nc3cc(C4CC4)[nH]n3)c(=O)[nH]n2)c1F)c1cc2c(s1)CCCC2. The number of carbonyl (C=O) groups excluding carboxylic acids is 1. The van der Waals surface area contributed by atoms with E-state index in [1.807, 2.05) is 6.07 Å². The summed E-state index contributed by atoms with van der Waals surface area (Å²) in [6.07, 6.45) is 6.16. The van der Waals surface area contributed by atoms with E-state index in [1.54, 1.807) is 6.07 Å². The summed E-state index contributed by atoms with van der Waals surface area (Å²) < 4.78 is 30.1. The van der Waals surface area contributed by atoms with Crippen LogP contribution in [-0.2, 0) is 12.8 Å². The molecule has 1 aromatic carbocycles. The lowest BCUT2D eigenvalue weighted by molar-refractivity contribution is 0.102. The number of aryl methyl sites for hydroxylation is 2. The number of amides is 1. The van der Waals surface area contributed by atoms with Gasteiger partial charge in [0.1, 0.15) is 17.2 Å². The molecule has 0 saturated heterocycles. The van der Waals surface area contributed by atoms with E-state index < -0.39 is 28.8 Å². The molecule has 2 aliphatic rings. The summed E-state index contributed by atoms with van der Waals surface area (Å²) in [5.74, 6) is -1.54. The smallest absolute Gasteiger partial charge is 0.287 e. The number of thiophene rings is 1. The average molecular weight is 509 g/mol. The van der Waals surface area contributed by atoms with Crippen molar-refractivity contribution in [2.24, 2.45) is 0 Å². The predicted molar refractivity (Wildman–Crippen MR) is 133 cm³/mol. The van der Waals surface area contributed by atoms with Gasteiger partial charge in [0.25, 0.3) is 11.5 Å². The molecule has 4 N–H and O–H groups in total. The molecule has 11 heteroatoms. The van der Waals surface area contributed by atoms with Crippen LogP contribution in [-0.4, -0.2) is 26.3 Å². The van der Waals surface area contributed by atoms with E-state index in [-0.39, 0.29) is 16.9 Å². The maximum Gasteiger partial charge on any atom is 0.287 e. The van der Waals surface area contributed by atoms with Crippen LogP contribution in [0.1, 0.15) is 57.4 Å². The van der Waals surface area contributed by atoms with Gasteiger partial charge in [0.15, 0.2) is 11.6 Å². The first-order valence-corrected chi connectivity index (χ1v) is 12.6. The van der Waals surface area contributed by atoms with Gasteiger partial charge in [-0.25, -0.2) is 13.9 Å². The van der Waals surface area contributed by atoms with Crippen LogP contribution in [0, 0.1) is 11.6 Å². The van der Waals surface area contributed by atoms with E-state index in [0.29, 0.717) is 16.6 Å². The maximum atomic E-state index is 15.5. The van der Waals surface area contributed by atoms with E-state index in [1.165, 1.54) is 23.5 Å². The predicted octanol–water partition coefficient (Wildman–Crippen LogP) is 5.25. The average Bonchev–Trinajstić information content (AvgIpc) is 3.46. The summed E-state index contributed by atoms with van der Waals surface area (Å²) in [7, 11) is 0. The molecular formula is C25H22F2N6O2S. The number of nitrogens with one attached hydrogen (secondary N) is 4. The number of hydrogen-bond acceptors (Lipinski definition) is 6. The van der Waals surface area contributed by atoms with Crippen LogP contribution in [0.3, 0.4) is 0 Å². The number of aromatic nitrogens is 4. The first-order chi connectivity index (χ1) is 17.5. The van der Waals surface area contributed by atoms with Gasteiger partial charge < -0.3 is 10.6 Å². The monoisotopic (exact) mass is 508 g/mol. The number of anilines is 3. The summed E-state index contributed by atoms with van der Waals surface area (Å²) in [6, 6.07) is 7.27. The van der Waals surface area contributed by atoms with E-state index in [0.717, 1.165) is 60.7 Å². The van der Waals surface area contributed by atoms with Gasteiger partial charge in [-0.3, -0.25) is 14.7 Å². The molecule has 36 heavy (non-hydrogen) atoms. The largest absolute Gasteiger partial charge is 0.334 e. The number of benzene rings is 1. The highest BCUT2D eigenvalue weighted by molar-refractivity contribution is 7.14. The number of H-pyrrole nitrogens is 2. The summed E-state index contributed by atoms with van der Waals surface area (Å²) in [5.41, 5.74) is 1.13. The van der Waals surface area contributed by atoms with Crippen LogP contribution < -0.4 is 16.2 Å². The quantitative estimate of drug-likeness (QED) is 0.284. The Morgan fingerprint density at radius 3 is 2.69 bits per heavy atom. The molecule has 4 aromatic rings. The normalized spacial score (nSPS) is 14.9. The van der Waals surface area contributed by atoms with Crippen molar-refractivity contribution in [3.8, 4) is 11.3 Å². The Balaban J connectivity index is 1.28. The van der Waals surface area contributed by atoms with Crippen LogP contribution in [0.25, 0.3) is 11.3 Å². The highest BCUT2D eigenvalue weighted by atomic mass is 32.1. The van der Waals surface area contributed by atoms with Crippen molar-refractivity contribution in [3.05, 3.63) is 73.3 Å². The Bertz CT molecular complexity index is 1510. The molecular weight excluding hydrogens is 486 g/mol. The molecule has 2 aliphatic carbocycles. The highest BCUT2D eigenvalue weighted by Gasteiger charge is 2.26. The van der Waals surface area contributed by atoms with Crippen LogP contribution >= 0.6 is 11.3 Å². The van der Waals surface area contributed by atoms with Gasteiger partial charge in [0.2, 0.25) is 0 Å². The van der Waals surface area contributed by atoms with E-state index in [9.17, 15) is 14.0 Å². The third-order valence-corrected chi connectivity index (χ3v) is 7.74. The number of nitrogens with zero attached hydrogens (tertiary/aromatic N) is 2. The van der Waals surface area contributed by atoms with Gasteiger partial charge in [-0.05, 0) is 68.4 Å². The Morgan fingerprint density at radius 2 is 1.89 bits per heavy atom. The van der Waals surface area contributed by atoms with Crippen LogP contribution in [0.5, 0.6) is 0 Å². The Morgan fingerprint density at radius 1 is 1.06 bits per heavy atom. The summed E-state index contributed by atoms with van der Waals surface area (Å²) in [6.45, 7) is 0. The van der Waals surface area contributed by atoms with Gasteiger partial charge in [0.05, 0.1) is 10.6 Å². The molecule has 0 aliphatic heterocycles. The number of carbonyl (C=O) groups is 1. The number of aromatic amines is 2. The van der Waals surface area contributed by atoms with Crippen molar-refractivity contribution in [1.82, 2.24) is 20.4 Å². The second-order valence-corrected chi connectivity index (χ2v) is 10.2. The van der Waals surface area contributed by atoms with Crippen LogP contribution in [0.4, 0.5) is 26.0 Å². The second-order valence-electron chi connectivity index (χ2n) is 9.11. The molecule has 8 nitrogen and oxygen atoms in total. The molecule has 1 amide bonds. The molecule has 0 bridgehead atoms. The standard InChI is InChI=1S/C25H22F2N6O2S/c26-15-8-7-14(22(27)23(15)29-25(35)20-9-13-3-1-2-4-19(13)36-20)17-10-18(24(34)33-31-17)28-21-11-16(30-32-21)12-5-6-12/h7-12H,1-6H2,(H,29,35)(H,33,34)(H2,28,30,31,32). The van der Waals surface area contributed by atoms with Gasteiger partial charge in [-0.1, -0.05) is 0 Å². The van der Waals surface area contributed by atoms with Crippen molar-refractivity contribution in [1.29, 1.82) is 0 Å². The Hall–Kier alpha value is -3.86. The molecule has 184 valence electrons. The number of rotatable bonds is 6. The Labute approximate surface area is 208 Å². The minimum atomic E-state index is -0.981. The molecule has 0 atom stereocenters. The lowest BCUT2D eigenvalue weighted by Crippen LogP contribution is -2.15. The fourth-order valence-corrected chi connectivity index (χ4v) is 5.57. The molecule has 1 saturated carbocycles. The van der Waals surface area contributed by atoms with Crippen LogP contribution in [0.15, 0.2) is 35.1 Å². The number of hydrogen-bond donors (Lipinski definition) is 4. The van der Waals surface area contributed by atoms with E-state index >= 15 is 4.39 Å². The minimum absolute atomic E-state index is 0.0645. The first kappa shape index (κ1) is 22.6. The third-order valence-electron chi connectivity index (χ3n) is 6.51. The molecule has 0 unspecified atom stereocenters. The third kappa shape index (κ3) is 4.30. The molecule has 3 heterocycles. The van der Waals surface area contributed by atoms with Gasteiger partial charge >= 0.3 is 0 Å². The minimum Gasteiger partial charge on any atom is -0.334 e. The lowest BCUT2D eigenvalue weighted by atomic mass is 9.99. The van der Waals surface area contributed by atoms with Crippen LogP contribution in [0.2, 0.25) is 0 Å². The van der Waals surface area contributed by atoms with Crippen molar-refractivity contribution >= 4 is 34.4 Å². The topological polar surface area (TPSA) is 116 Å². The zero-order valence-electron chi connectivity index (χ0n) is 19.1. The van der Waals surface area contributed by atoms with Gasteiger partial charge in [-0.2, -0.15) is 10.2 Å². The van der Waals surface area contributed by atoms with Crippen molar-refractivity contribution in [2.75, 3.05) is 10.6 Å². The molecule has 1 fully saturated rings. The second kappa shape index (κ2) is 8.98.